The van der Waals surface area contributed by atoms with Gasteiger partial charge in [-0.15, -0.1) is 0 Å². The number of hydrogen-bond donors (Lipinski definition) is 2. The molecule has 1 atom stereocenters. The predicted octanol–water partition coefficient (Wildman–Crippen LogP) is 3.37. The standard InChI is InChI=1S/C16H22FN3O3/c1-11(18-12-6-4-2-3-5-7-12)16(21)19-13-8-9-14(17)15(10-13)20(22)23/h8-12,18H,2-7H2,1H3,(H,19,21)/t11-/m1/s1. The molecule has 23 heavy (non-hydrogen) atoms. The molecule has 1 aliphatic carbocycles. The first-order valence-corrected chi connectivity index (χ1v) is 7.98. The highest BCUT2D eigenvalue weighted by Gasteiger charge is 2.20. The summed E-state index contributed by atoms with van der Waals surface area (Å²) in [7, 11) is 0. The van der Waals surface area contributed by atoms with Crippen LogP contribution >= 0.6 is 0 Å². The highest BCUT2D eigenvalue weighted by Crippen LogP contribution is 2.22. The average molecular weight is 323 g/mol. The minimum atomic E-state index is -0.919. The fourth-order valence-electron chi connectivity index (χ4n) is 2.86. The fourth-order valence-corrected chi connectivity index (χ4v) is 2.86. The van der Waals surface area contributed by atoms with E-state index >= 15 is 0 Å². The van der Waals surface area contributed by atoms with Crippen LogP contribution < -0.4 is 10.6 Å². The number of halogens is 1. The van der Waals surface area contributed by atoms with Crippen LogP contribution in [0.25, 0.3) is 0 Å². The normalized spacial score (nSPS) is 17.3. The maximum atomic E-state index is 13.3. The number of nitrogens with one attached hydrogen (secondary N) is 2. The van der Waals surface area contributed by atoms with E-state index in [0.29, 0.717) is 6.04 Å². The predicted molar refractivity (Wildman–Crippen MR) is 85.8 cm³/mol. The third kappa shape index (κ3) is 4.99. The molecule has 1 fully saturated rings. The van der Waals surface area contributed by atoms with Crippen LogP contribution in [0.2, 0.25) is 0 Å². The van der Waals surface area contributed by atoms with E-state index in [0.717, 1.165) is 37.8 Å². The Morgan fingerprint density at radius 3 is 2.57 bits per heavy atom. The van der Waals surface area contributed by atoms with Gasteiger partial charge < -0.3 is 10.6 Å². The molecule has 0 radical (unpaired) electrons. The van der Waals surface area contributed by atoms with Gasteiger partial charge in [-0.2, -0.15) is 4.39 Å². The Morgan fingerprint density at radius 1 is 1.30 bits per heavy atom. The molecule has 0 aliphatic heterocycles. The molecule has 0 spiro atoms. The first kappa shape index (κ1) is 17.3. The van der Waals surface area contributed by atoms with Gasteiger partial charge in [0.05, 0.1) is 11.0 Å². The summed E-state index contributed by atoms with van der Waals surface area (Å²) in [6.45, 7) is 1.76. The van der Waals surface area contributed by atoms with Gasteiger partial charge in [0, 0.05) is 17.8 Å². The maximum absolute atomic E-state index is 13.3. The van der Waals surface area contributed by atoms with Gasteiger partial charge in [0.15, 0.2) is 0 Å². The Balaban J connectivity index is 1.95. The van der Waals surface area contributed by atoms with E-state index in [1.54, 1.807) is 6.92 Å². The Morgan fingerprint density at radius 2 is 1.96 bits per heavy atom. The fraction of sp³-hybridized carbons (Fsp3) is 0.562. The molecule has 1 amide bonds. The van der Waals surface area contributed by atoms with E-state index < -0.39 is 22.5 Å². The topological polar surface area (TPSA) is 84.3 Å². The molecule has 7 heteroatoms. The number of benzene rings is 1. The maximum Gasteiger partial charge on any atom is 0.306 e. The summed E-state index contributed by atoms with van der Waals surface area (Å²) in [5.41, 5.74) is -0.426. The van der Waals surface area contributed by atoms with Gasteiger partial charge in [0.1, 0.15) is 0 Å². The van der Waals surface area contributed by atoms with Gasteiger partial charge in [0.25, 0.3) is 0 Å². The summed E-state index contributed by atoms with van der Waals surface area (Å²) in [5.74, 6) is -1.20. The molecule has 6 nitrogen and oxygen atoms in total. The number of rotatable bonds is 5. The highest BCUT2D eigenvalue weighted by atomic mass is 19.1. The van der Waals surface area contributed by atoms with Crippen molar-refractivity contribution in [2.45, 2.75) is 57.5 Å². The van der Waals surface area contributed by atoms with E-state index in [9.17, 15) is 19.3 Å². The van der Waals surface area contributed by atoms with Gasteiger partial charge in [-0.05, 0) is 31.9 Å². The van der Waals surface area contributed by atoms with Crippen LogP contribution in [0, 0.1) is 15.9 Å². The lowest BCUT2D eigenvalue weighted by atomic mass is 10.1. The molecule has 1 saturated carbocycles. The molecule has 0 bridgehead atoms. The van der Waals surface area contributed by atoms with Gasteiger partial charge in [-0.3, -0.25) is 14.9 Å². The lowest BCUT2D eigenvalue weighted by Gasteiger charge is -2.21. The molecule has 0 heterocycles. The quantitative estimate of drug-likeness (QED) is 0.494. The van der Waals surface area contributed by atoms with Crippen molar-refractivity contribution < 1.29 is 14.1 Å². The van der Waals surface area contributed by atoms with Crippen molar-refractivity contribution in [2.75, 3.05) is 5.32 Å². The third-order valence-electron chi connectivity index (χ3n) is 4.14. The molecular formula is C16H22FN3O3. The number of nitro benzene ring substituents is 1. The van der Waals surface area contributed by atoms with Crippen LogP contribution in [0.5, 0.6) is 0 Å². The zero-order chi connectivity index (χ0) is 16.8. The molecule has 1 aliphatic rings. The van der Waals surface area contributed by atoms with Crippen molar-refractivity contribution in [2.24, 2.45) is 0 Å². The molecule has 0 saturated heterocycles. The van der Waals surface area contributed by atoms with E-state index in [2.05, 4.69) is 10.6 Å². The molecule has 0 unspecified atom stereocenters. The van der Waals surface area contributed by atoms with Gasteiger partial charge in [-0.25, -0.2) is 0 Å². The van der Waals surface area contributed by atoms with Gasteiger partial charge in [0.2, 0.25) is 11.7 Å². The van der Waals surface area contributed by atoms with E-state index in [-0.39, 0.29) is 11.6 Å². The van der Waals surface area contributed by atoms with Crippen LogP contribution in [0.15, 0.2) is 18.2 Å². The van der Waals surface area contributed by atoms with Crippen molar-refractivity contribution >= 4 is 17.3 Å². The number of nitro groups is 1. The van der Waals surface area contributed by atoms with E-state index in [1.807, 2.05) is 0 Å². The molecule has 126 valence electrons. The summed E-state index contributed by atoms with van der Waals surface area (Å²) in [4.78, 5) is 22.1. The van der Waals surface area contributed by atoms with Crippen molar-refractivity contribution in [1.82, 2.24) is 5.32 Å². The van der Waals surface area contributed by atoms with Crippen molar-refractivity contribution in [1.29, 1.82) is 0 Å². The van der Waals surface area contributed by atoms with Gasteiger partial charge >= 0.3 is 5.69 Å². The summed E-state index contributed by atoms with van der Waals surface area (Å²) in [6, 6.07) is 3.24. The number of hydrogen-bond acceptors (Lipinski definition) is 4. The largest absolute Gasteiger partial charge is 0.324 e. The second-order valence-corrected chi connectivity index (χ2v) is 5.99. The SMILES string of the molecule is C[C@@H](NC1CCCCCC1)C(=O)Nc1ccc(F)c([N+](=O)[O-])c1. The summed E-state index contributed by atoms with van der Waals surface area (Å²) in [5, 5.41) is 16.6. The highest BCUT2D eigenvalue weighted by molar-refractivity contribution is 5.94. The van der Waals surface area contributed by atoms with Crippen molar-refractivity contribution in [3.05, 3.63) is 34.1 Å². The average Bonchev–Trinajstić information content (AvgIpc) is 2.77. The molecule has 1 aromatic rings. The molecular weight excluding hydrogens is 301 g/mol. The van der Waals surface area contributed by atoms with E-state index in [1.165, 1.54) is 18.9 Å². The van der Waals surface area contributed by atoms with Gasteiger partial charge in [-0.1, -0.05) is 25.7 Å². The molecule has 2 rings (SSSR count). The van der Waals surface area contributed by atoms with Crippen LogP contribution in [0.1, 0.15) is 45.4 Å². The van der Waals surface area contributed by atoms with Crippen LogP contribution in [-0.2, 0) is 4.79 Å². The zero-order valence-electron chi connectivity index (χ0n) is 13.2. The number of carbonyl (C=O) groups excluding carboxylic acids is 1. The Labute approximate surface area is 134 Å². The smallest absolute Gasteiger partial charge is 0.306 e. The first-order valence-electron chi connectivity index (χ1n) is 7.98. The van der Waals surface area contributed by atoms with Crippen LogP contribution in [0.3, 0.4) is 0 Å². The second kappa shape index (κ2) is 8.01. The monoisotopic (exact) mass is 323 g/mol. The first-order chi connectivity index (χ1) is 11.0. The molecule has 2 N–H and O–H groups in total. The Bertz CT molecular complexity index is 572. The van der Waals surface area contributed by atoms with E-state index in [4.69, 9.17) is 0 Å². The summed E-state index contributed by atoms with van der Waals surface area (Å²) >= 11 is 0. The van der Waals surface area contributed by atoms with Crippen LogP contribution in [-0.4, -0.2) is 22.9 Å². The molecule has 0 aromatic heterocycles. The molecule has 1 aromatic carbocycles. The third-order valence-corrected chi connectivity index (χ3v) is 4.14. The second-order valence-electron chi connectivity index (χ2n) is 5.99. The number of nitrogens with zero attached hydrogens (tertiary/aromatic N) is 1. The number of amides is 1. The summed E-state index contributed by atoms with van der Waals surface area (Å²) in [6.07, 6.45) is 6.90. The number of anilines is 1. The Kier molecular flexibility index (Phi) is 6.04. The Hall–Kier alpha value is -2.02. The number of carbonyl (C=O) groups is 1. The summed E-state index contributed by atoms with van der Waals surface area (Å²) < 4.78 is 13.3. The lowest BCUT2D eigenvalue weighted by Crippen LogP contribution is -2.43. The van der Waals surface area contributed by atoms with Crippen molar-refractivity contribution in [3.63, 3.8) is 0 Å². The minimum Gasteiger partial charge on any atom is -0.324 e. The van der Waals surface area contributed by atoms with Crippen molar-refractivity contribution in [3.8, 4) is 0 Å². The zero-order valence-corrected chi connectivity index (χ0v) is 13.2. The lowest BCUT2D eigenvalue weighted by molar-refractivity contribution is -0.387. The van der Waals surface area contributed by atoms with Crippen LogP contribution in [0.4, 0.5) is 15.8 Å². The minimum absolute atomic E-state index is 0.220.